The second-order valence-corrected chi connectivity index (χ2v) is 5.56. The van der Waals surface area contributed by atoms with Gasteiger partial charge in [-0.25, -0.2) is 9.97 Å². The van der Waals surface area contributed by atoms with Crippen molar-refractivity contribution in [3.05, 3.63) is 15.6 Å². The van der Waals surface area contributed by atoms with Gasteiger partial charge in [-0.2, -0.15) is 0 Å². The van der Waals surface area contributed by atoms with Crippen molar-refractivity contribution in [1.82, 2.24) is 9.97 Å². The van der Waals surface area contributed by atoms with E-state index in [-0.39, 0.29) is 6.10 Å². The van der Waals surface area contributed by atoms with Crippen molar-refractivity contribution >= 4 is 28.4 Å². The Hall–Kier alpha value is -0.430. The lowest BCUT2D eigenvalue weighted by atomic mass is 9.94. The fraction of sp³-hybridized carbons (Fsp3) is 0.636. The summed E-state index contributed by atoms with van der Waals surface area (Å²) in [6.07, 6.45) is 0.692. The summed E-state index contributed by atoms with van der Waals surface area (Å²) in [4.78, 5) is 10.9. The van der Waals surface area contributed by atoms with Gasteiger partial charge in [-0.3, -0.25) is 0 Å². The van der Waals surface area contributed by atoms with Crippen LogP contribution in [0.4, 0.5) is 5.82 Å². The van der Waals surface area contributed by atoms with Gasteiger partial charge in [0.2, 0.25) is 0 Å². The lowest BCUT2D eigenvalue weighted by Crippen LogP contribution is -2.48. The largest absolute Gasteiger partial charge is 0.393 e. The predicted molar refractivity (Wildman–Crippen MR) is 71.5 cm³/mol. The summed E-state index contributed by atoms with van der Waals surface area (Å²) in [6, 6.07) is 2.01. The minimum absolute atomic E-state index is 0.195. The van der Waals surface area contributed by atoms with Crippen LogP contribution < -0.4 is 4.90 Å². The van der Waals surface area contributed by atoms with E-state index in [1.54, 1.807) is 0 Å². The quantitative estimate of drug-likeness (QED) is 0.674. The molecule has 16 heavy (non-hydrogen) atoms. The summed E-state index contributed by atoms with van der Waals surface area (Å²) in [5.41, 5.74) is 0. The van der Waals surface area contributed by atoms with Crippen LogP contribution in [0.15, 0.2) is 6.07 Å². The van der Waals surface area contributed by atoms with Gasteiger partial charge in [-0.05, 0) is 48.8 Å². The third-order valence-corrected chi connectivity index (χ3v) is 3.30. The predicted octanol–water partition coefficient (Wildman–Crippen LogP) is 1.60. The van der Waals surface area contributed by atoms with Gasteiger partial charge in [0.1, 0.15) is 15.3 Å². The molecule has 5 heteroatoms. The molecule has 0 saturated carbocycles. The molecule has 88 valence electrons. The molecular formula is C11H16IN3O. The number of anilines is 1. The molecule has 2 rings (SSSR count). The zero-order chi connectivity index (χ0) is 11.7. The van der Waals surface area contributed by atoms with Crippen LogP contribution in [-0.4, -0.2) is 34.3 Å². The smallest absolute Gasteiger partial charge is 0.133 e. The maximum absolute atomic E-state index is 9.29. The van der Waals surface area contributed by atoms with Crippen LogP contribution in [-0.2, 0) is 0 Å². The van der Waals surface area contributed by atoms with Gasteiger partial charge in [0.05, 0.1) is 6.10 Å². The summed E-state index contributed by atoms with van der Waals surface area (Å²) in [7, 11) is 0. The highest BCUT2D eigenvalue weighted by Crippen LogP contribution is 2.26. The molecule has 1 aromatic rings. The maximum Gasteiger partial charge on any atom is 0.133 e. The van der Waals surface area contributed by atoms with Crippen molar-refractivity contribution in [3.63, 3.8) is 0 Å². The number of hydrogen-bond donors (Lipinski definition) is 1. The molecule has 1 aliphatic rings. The van der Waals surface area contributed by atoms with E-state index >= 15 is 0 Å². The molecule has 1 N–H and O–H groups in total. The standard InChI is InChI=1S/C11H16IN3O/c1-7(16)3-9-5-15(6-9)11-4-10(12)13-8(2)14-11/h4,7,9,16H,3,5-6H2,1-2H3. The highest BCUT2D eigenvalue weighted by atomic mass is 127. The first kappa shape index (κ1) is 12.0. The van der Waals surface area contributed by atoms with Gasteiger partial charge in [0, 0.05) is 19.2 Å². The SMILES string of the molecule is Cc1nc(I)cc(N2CC(CC(C)O)C2)n1. The van der Waals surface area contributed by atoms with Crippen LogP contribution in [0.2, 0.25) is 0 Å². The molecule has 1 aliphatic heterocycles. The Morgan fingerprint density at radius 3 is 2.81 bits per heavy atom. The van der Waals surface area contributed by atoms with Gasteiger partial charge in [-0.1, -0.05) is 0 Å². The molecule has 0 radical (unpaired) electrons. The van der Waals surface area contributed by atoms with E-state index in [2.05, 4.69) is 37.5 Å². The fourth-order valence-corrected chi connectivity index (χ4v) is 2.69. The van der Waals surface area contributed by atoms with Crippen LogP contribution >= 0.6 is 22.6 Å². The van der Waals surface area contributed by atoms with Crippen molar-refractivity contribution in [1.29, 1.82) is 0 Å². The van der Waals surface area contributed by atoms with Crippen LogP contribution in [0.3, 0.4) is 0 Å². The van der Waals surface area contributed by atoms with Crippen molar-refractivity contribution < 1.29 is 5.11 Å². The van der Waals surface area contributed by atoms with Crippen molar-refractivity contribution in [2.45, 2.75) is 26.4 Å². The Morgan fingerprint density at radius 2 is 2.25 bits per heavy atom. The first-order valence-electron chi connectivity index (χ1n) is 5.49. The van der Waals surface area contributed by atoms with Gasteiger partial charge < -0.3 is 10.0 Å². The molecule has 4 nitrogen and oxygen atoms in total. The first-order valence-corrected chi connectivity index (χ1v) is 6.56. The summed E-state index contributed by atoms with van der Waals surface area (Å²) in [6.45, 7) is 5.76. The molecule has 0 spiro atoms. The van der Waals surface area contributed by atoms with Crippen molar-refractivity contribution in [2.75, 3.05) is 18.0 Å². The average Bonchev–Trinajstić information content (AvgIpc) is 2.08. The van der Waals surface area contributed by atoms with Gasteiger partial charge >= 0.3 is 0 Å². The summed E-state index contributed by atoms with van der Waals surface area (Å²) in [5.74, 6) is 2.44. The highest BCUT2D eigenvalue weighted by Gasteiger charge is 2.28. The lowest BCUT2D eigenvalue weighted by Gasteiger charge is -2.40. The highest BCUT2D eigenvalue weighted by molar-refractivity contribution is 14.1. The van der Waals surface area contributed by atoms with Crippen molar-refractivity contribution in [3.8, 4) is 0 Å². The fourth-order valence-electron chi connectivity index (χ4n) is 2.07. The molecule has 1 unspecified atom stereocenters. The Balaban J connectivity index is 1.96. The molecule has 0 aromatic carbocycles. The molecular weight excluding hydrogens is 317 g/mol. The summed E-state index contributed by atoms with van der Waals surface area (Å²) < 4.78 is 0.985. The second-order valence-electron chi connectivity index (χ2n) is 4.45. The average molecular weight is 333 g/mol. The molecule has 0 bridgehead atoms. The normalized spacial score (nSPS) is 18.4. The number of aliphatic hydroxyl groups excluding tert-OH is 1. The maximum atomic E-state index is 9.29. The van der Waals surface area contributed by atoms with Crippen LogP contribution in [0.25, 0.3) is 0 Å². The van der Waals surface area contributed by atoms with E-state index in [1.807, 2.05) is 19.9 Å². The monoisotopic (exact) mass is 333 g/mol. The van der Waals surface area contributed by atoms with E-state index in [9.17, 15) is 5.11 Å². The molecule has 2 heterocycles. The number of aromatic nitrogens is 2. The first-order chi connectivity index (χ1) is 7.54. The summed E-state index contributed by atoms with van der Waals surface area (Å²) in [5, 5.41) is 9.29. The van der Waals surface area contributed by atoms with Crippen LogP contribution in [0, 0.1) is 16.5 Å². The number of rotatable bonds is 3. The van der Waals surface area contributed by atoms with E-state index in [4.69, 9.17) is 0 Å². The molecule has 1 fully saturated rings. The molecule has 0 amide bonds. The minimum Gasteiger partial charge on any atom is -0.393 e. The zero-order valence-corrected chi connectivity index (χ0v) is 11.7. The van der Waals surface area contributed by atoms with Crippen LogP contribution in [0.5, 0.6) is 0 Å². The zero-order valence-electron chi connectivity index (χ0n) is 9.52. The molecule has 1 saturated heterocycles. The minimum atomic E-state index is -0.195. The van der Waals surface area contributed by atoms with Gasteiger partial charge in [0.25, 0.3) is 0 Å². The lowest BCUT2D eigenvalue weighted by molar-refractivity contribution is 0.150. The second kappa shape index (κ2) is 4.83. The van der Waals surface area contributed by atoms with E-state index in [0.717, 1.165) is 34.9 Å². The molecule has 1 aromatic heterocycles. The van der Waals surface area contributed by atoms with Gasteiger partial charge in [-0.15, -0.1) is 0 Å². The number of nitrogens with zero attached hydrogens (tertiary/aromatic N) is 3. The Labute approximate surface area is 109 Å². The number of aryl methyl sites for hydroxylation is 1. The number of aliphatic hydroxyl groups is 1. The third kappa shape index (κ3) is 2.82. The van der Waals surface area contributed by atoms with E-state index in [1.165, 1.54) is 0 Å². The number of hydrogen-bond acceptors (Lipinski definition) is 4. The molecule has 1 atom stereocenters. The van der Waals surface area contributed by atoms with E-state index in [0.29, 0.717) is 5.92 Å². The van der Waals surface area contributed by atoms with Crippen molar-refractivity contribution in [2.24, 2.45) is 5.92 Å². The third-order valence-electron chi connectivity index (χ3n) is 2.75. The van der Waals surface area contributed by atoms with E-state index < -0.39 is 0 Å². The summed E-state index contributed by atoms with van der Waals surface area (Å²) >= 11 is 2.21. The van der Waals surface area contributed by atoms with Crippen LogP contribution in [0.1, 0.15) is 19.2 Å². The number of halogens is 1. The Kier molecular flexibility index (Phi) is 3.63. The Bertz CT molecular complexity index is 357. The topological polar surface area (TPSA) is 49.2 Å². The van der Waals surface area contributed by atoms with Gasteiger partial charge in [0.15, 0.2) is 0 Å². The molecule has 0 aliphatic carbocycles. The Morgan fingerprint density at radius 1 is 1.56 bits per heavy atom.